The quantitative estimate of drug-likeness (QED) is 0.696. The van der Waals surface area contributed by atoms with Gasteiger partial charge < -0.3 is 9.84 Å². The Morgan fingerprint density at radius 3 is 2.33 bits per heavy atom. The SMILES string of the molecule is COCCN(C)Cc1c(C(=O)O)c2ccccc2c(=O)n1-c1ccccc1. The van der Waals surface area contributed by atoms with Crippen molar-refractivity contribution in [2.75, 3.05) is 27.3 Å². The fourth-order valence-electron chi connectivity index (χ4n) is 3.22. The second-order valence-electron chi connectivity index (χ2n) is 6.38. The Labute approximate surface area is 157 Å². The molecule has 27 heavy (non-hydrogen) atoms. The number of carbonyl (C=O) groups is 1. The van der Waals surface area contributed by atoms with Crippen molar-refractivity contribution in [3.05, 3.63) is 76.2 Å². The lowest BCUT2D eigenvalue weighted by atomic mass is 10.0. The van der Waals surface area contributed by atoms with E-state index in [1.165, 1.54) is 4.57 Å². The fourth-order valence-corrected chi connectivity index (χ4v) is 3.22. The van der Waals surface area contributed by atoms with Crippen LogP contribution >= 0.6 is 0 Å². The number of fused-ring (bicyclic) bond motifs is 1. The third-order valence-electron chi connectivity index (χ3n) is 4.51. The first-order valence-electron chi connectivity index (χ1n) is 8.67. The minimum Gasteiger partial charge on any atom is -0.478 e. The summed E-state index contributed by atoms with van der Waals surface area (Å²) in [5.74, 6) is -1.05. The van der Waals surface area contributed by atoms with Gasteiger partial charge >= 0.3 is 5.97 Å². The van der Waals surface area contributed by atoms with Gasteiger partial charge in [0.2, 0.25) is 0 Å². The Balaban J connectivity index is 2.33. The van der Waals surface area contributed by atoms with Crippen molar-refractivity contribution in [1.29, 1.82) is 0 Å². The topological polar surface area (TPSA) is 71.8 Å². The van der Waals surface area contributed by atoms with Crippen molar-refractivity contribution >= 4 is 16.7 Å². The van der Waals surface area contributed by atoms with Gasteiger partial charge in [0.25, 0.3) is 5.56 Å². The van der Waals surface area contributed by atoms with Crippen LogP contribution in [0.5, 0.6) is 0 Å². The van der Waals surface area contributed by atoms with Crippen LogP contribution in [0.3, 0.4) is 0 Å². The Bertz CT molecular complexity index is 1010. The van der Waals surface area contributed by atoms with Gasteiger partial charge in [-0.15, -0.1) is 0 Å². The van der Waals surface area contributed by atoms with E-state index in [1.54, 1.807) is 43.5 Å². The number of aromatic nitrogens is 1. The highest BCUT2D eigenvalue weighted by Crippen LogP contribution is 2.23. The molecule has 2 aromatic carbocycles. The summed E-state index contributed by atoms with van der Waals surface area (Å²) in [6.07, 6.45) is 0. The molecule has 0 radical (unpaired) electrons. The van der Waals surface area contributed by atoms with Gasteiger partial charge in [-0.3, -0.25) is 14.3 Å². The monoisotopic (exact) mass is 366 g/mol. The van der Waals surface area contributed by atoms with E-state index in [0.717, 1.165) is 0 Å². The lowest BCUT2D eigenvalue weighted by Gasteiger charge is -2.22. The number of rotatable bonds is 7. The van der Waals surface area contributed by atoms with Crippen LogP contribution in [0.4, 0.5) is 0 Å². The summed E-state index contributed by atoms with van der Waals surface area (Å²) < 4.78 is 6.62. The summed E-state index contributed by atoms with van der Waals surface area (Å²) in [6, 6.07) is 16.0. The summed E-state index contributed by atoms with van der Waals surface area (Å²) in [6.45, 7) is 1.44. The molecule has 0 bridgehead atoms. The fraction of sp³-hybridized carbons (Fsp3) is 0.238. The van der Waals surface area contributed by atoms with Gasteiger partial charge in [0.1, 0.15) is 0 Å². The van der Waals surface area contributed by atoms with Gasteiger partial charge in [0, 0.05) is 36.7 Å². The van der Waals surface area contributed by atoms with E-state index in [9.17, 15) is 14.7 Å². The number of methoxy groups -OCH3 is 1. The molecule has 3 rings (SSSR count). The normalized spacial score (nSPS) is 11.2. The first-order chi connectivity index (χ1) is 13.0. The number of carboxylic acid groups (broad SMARTS) is 1. The van der Waals surface area contributed by atoms with Crippen LogP contribution in [0.1, 0.15) is 16.1 Å². The Morgan fingerprint density at radius 2 is 1.70 bits per heavy atom. The lowest BCUT2D eigenvalue weighted by molar-refractivity contribution is 0.0695. The molecular weight excluding hydrogens is 344 g/mol. The number of hydrogen-bond donors (Lipinski definition) is 1. The molecule has 0 saturated heterocycles. The summed E-state index contributed by atoms with van der Waals surface area (Å²) in [4.78, 5) is 27.4. The number of ether oxygens (including phenoxy) is 1. The second kappa shape index (κ2) is 8.16. The molecule has 0 spiro atoms. The molecule has 6 heteroatoms. The summed E-state index contributed by atoms with van der Waals surface area (Å²) >= 11 is 0. The maximum absolute atomic E-state index is 13.2. The predicted octanol–water partition coefficient (Wildman–Crippen LogP) is 2.77. The largest absolute Gasteiger partial charge is 0.478 e. The van der Waals surface area contributed by atoms with Crippen LogP contribution in [0.25, 0.3) is 16.5 Å². The second-order valence-corrected chi connectivity index (χ2v) is 6.38. The zero-order valence-electron chi connectivity index (χ0n) is 15.4. The van der Waals surface area contributed by atoms with E-state index in [0.29, 0.717) is 41.9 Å². The highest BCUT2D eigenvalue weighted by molar-refractivity contribution is 6.04. The number of aromatic carboxylic acids is 1. The Morgan fingerprint density at radius 1 is 1.07 bits per heavy atom. The maximum Gasteiger partial charge on any atom is 0.338 e. The van der Waals surface area contributed by atoms with Crippen LogP contribution in [0, 0.1) is 0 Å². The standard InChI is InChI=1S/C21H22N2O4/c1-22(12-13-27-2)14-18-19(21(25)26)16-10-6-7-11-17(16)20(24)23(18)15-8-4-3-5-9-15/h3-11H,12-14H2,1-2H3,(H,25,26). The summed E-state index contributed by atoms with van der Waals surface area (Å²) in [5, 5.41) is 10.8. The molecule has 0 unspecified atom stereocenters. The minimum atomic E-state index is -1.05. The first kappa shape index (κ1) is 18.8. The molecule has 0 aliphatic carbocycles. The number of hydrogen-bond acceptors (Lipinski definition) is 4. The number of para-hydroxylation sites is 1. The maximum atomic E-state index is 13.2. The highest BCUT2D eigenvalue weighted by atomic mass is 16.5. The molecule has 0 saturated carbocycles. The number of nitrogens with zero attached hydrogens (tertiary/aromatic N) is 2. The van der Waals surface area contributed by atoms with Crippen molar-refractivity contribution in [2.45, 2.75) is 6.54 Å². The van der Waals surface area contributed by atoms with E-state index in [2.05, 4.69) is 0 Å². The molecule has 3 aromatic rings. The predicted molar refractivity (Wildman–Crippen MR) is 105 cm³/mol. The zero-order valence-corrected chi connectivity index (χ0v) is 15.4. The molecule has 6 nitrogen and oxygen atoms in total. The molecule has 1 aromatic heterocycles. The molecule has 0 amide bonds. The minimum absolute atomic E-state index is 0.151. The Hall–Kier alpha value is -2.96. The van der Waals surface area contributed by atoms with E-state index in [1.807, 2.05) is 30.1 Å². The van der Waals surface area contributed by atoms with Crippen LogP contribution in [-0.2, 0) is 11.3 Å². The molecular formula is C21H22N2O4. The summed E-state index contributed by atoms with van der Waals surface area (Å²) in [7, 11) is 3.49. The molecule has 1 heterocycles. The van der Waals surface area contributed by atoms with E-state index >= 15 is 0 Å². The van der Waals surface area contributed by atoms with Crippen molar-refractivity contribution < 1.29 is 14.6 Å². The average molecular weight is 366 g/mol. The van der Waals surface area contributed by atoms with Gasteiger partial charge in [-0.2, -0.15) is 0 Å². The zero-order chi connectivity index (χ0) is 19.4. The third kappa shape index (κ3) is 3.77. The number of pyridine rings is 1. The van der Waals surface area contributed by atoms with Crippen molar-refractivity contribution in [3.63, 3.8) is 0 Å². The molecule has 1 N–H and O–H groups in total. The van der Waals surface area contributed by atoms with Crippen molar-refractivity contribution in [1.82, 2.24) is 9.47 Å². The van der Waals surface area contributed by atoms with Crippen LogP contribution in [0.15, 0.2) is 59.4 Å². The van der Waals surface area contributed by atoms with Crippen LogP contribution in [-0.4, -0.2) is 47.9 Å². The van der Waals surface area contributed by atoms with Gasteiger partial charge in [-0.05, 0) is 25.2 Å². The third-order valence-corrected chi connectivity index (χ3v) is 4.51. The van der Waals surface area contributed by atoms with E-state index < -0.39 is 5.97 Å². The Kier molecular flexibility index (Phi) is 5.69. The number of carboxylic acids is 1. The average Bonchev–Trinajstić information content (AvgIpc) is 2.67. The smallest absolute Gasteiger partial charge is 0.338 e. The van der Waals surface area contributed by atoms with Gasteiger partial charge in [-0.25, -0.2) is 4.79 Å². The van der Waals surface area contributed by atoms with Crippen LogP contribution < -0.4 is 5.56 Å². The van der Waals surface area contributed by atoms with Crippen molar-refractivity contribution in [3.8, 4) is 5.69 Å². The van der Waals surface area contributed by atoms with Crippen LogP contribution in [0.2, 0.25) is 0 Å². The van der Waals surface area contributed by atoms with E-state index in [4.69, 9.17) is 4.74 Å². The molecule has 140 valence electrons. The number of benzene rings is 2. The van der Waals surface area contributed by atoms with Gasteiger partial charge in [-0.1, -0.05) is 36.4 Å². The van der Waals surface area contributed by atoms with Crippen molar-refractivity contribution in [2.24, 2.45) is 0 Å². The first-order valence-corrected chi connectivity index (χ1v) is 8.67. The molecule has 0 fully saturated rings. The molecule has 0 aliphatic rings. The molecule has 0 aliphatic heterocycles. The lowest BCUT2D eigenvalue weighted by Crippen LogP contribution is -2.31. The highest BCUT2D eigenvalue weighted by Gasteiger charge is 2.23. The van der Waals surface area contributed by atoms with Gasteiger partial charge in [0.15, 0.2) is 0 Å². The molecule has 0 atom stereocenters. The van der Waals surface area contributed by atoms with Gasteiger partial charge in [0.05, 0.1) is 17.9 Å². The summed E-state index contributed by atoms with van der Waals surface area (Å²) in [5.41, 5.74) is 1.03. The van der Waals surface area contributed by atoms with E-state index in [-0.39, 0.29) is 11.1 Å². The number of likely N-dealkylation sites (N-methyl/N-ethyl adjacent to an activating group) is 1.